The van der Waals surface area contributed by atoms with Crippen molar-refractivity contribution < 1.29 is 14.3 Å². The molecule has 6 nitrogen and oxygen atoms in total. The number of rotatable bonds is 2. The maximum absolute atomic E-state index is 13.4. The SMILES string of the molecule is COC(=O)C1C2c3ccccc3O[C@]1(C)N=c1s/c(=C/c3ccc(C)cc3)c(=O)n12. The molecular weight excluding hydrogens is 400 g/mol. The topological polar surface area (TPSA) is 69.9 Å². The highest BCUT2D eigenvalue weighted by atomic mass is 32.1. The number of hydrogen-bond donors (Lipinski definition) is 0. The van der Waals surface area contributed by atoms with E-state index in [1.807, 2.05) is 61.5 Å². The molecule has 30 heavy (non-hydrogen) atoms. The van der Waals surface area contributed by atoms with Crippen molar-refractivity contribution >= 4 is 23.4 Å². The smallest absolute Gasteiger partial charge is 0.317 e. The van der Waals surface area contributed by atoms with Crippen LogP contribution >= 0.6 is 11.3 Å². The van der Waals surface area contributed by atoms with E-state index in [0.717, 1.165) is 16.7 Å². The Balaban J connectivity index is 1.79. The van der Waals surface area contributed by atoms with Crippen LogP contribution in [0, 0.1) is 12.8 Å². The third-order valence-corrected chi connectivity index (χ3v) is 6.69. The van der Waals surface area contributed by atoms with Crippen molar-refractivity contribution in [1.29, 1.82) is 0 Å². The summed E-state index contributed by atoms with van der Waals surface area (Å²) in [7, 11) is 1.34. The molecule has 0 saturated carbocycles. The second kappa shape index (κ2) is 6.67. The molecule has 5 rings (SSSR count). The van der Waals surface area contributed by atoms with Gasteiger partial charge < -0.3 is 9.47 Å². The summed E-state index contributed by atoms with van der Waals surface area (Å²) in [6, 6.07) is 14.9. The first-order valence-electron chi connectivity index (χ1n) is 9.67. The zero-order valence-corrected chi connectivity index (χ0v) is 17.6. The van der Waals surface area contributed by atoms with Crippen molar-refractivity contribution in [3.8, 4) is 5.75 Å². The lowest BCUT2D eigenvalue weighted by Gasteiger charge is -2.44. The van der Waals surface area contributed by atoms with Crippen molar-refractivity contribution in [2.75, 3.05) is 7.11 Å². The van der Waals surface area contributed by atoms with Gasteiger partial charge in [-0.3, -0.25) is 14.2 Å². The monoisotopic (exact) mass is 420 g/mol. The summed E-state index contributed by atoms with van der Waals surface area (Å²) in [6.07, 6.45) is 1.86. The molecule has 152 valence electrons. The molecule has 0 radical (unpaired) electrons. The molecular formula is C23H20N2O4S. The second-order valence-corrected chi connectivity index (χ2v) is 8.74. The predicted octanol–water partition coefficient (Wildman–Crippen LogP) is 2.17. The zero-order valence-electron chi connectivity index (χ0n) is 16.8. The number of para-hydroxylation sites is 1. The van der Waals surface area contributed by atoms with Crippen molar-refractivity contribution in [3.63, 3.8) is 0 Å². The first-order chi connectivity index (χ1) is 14.4. The normalized spacial score (nSPS) is 24.3. The molecule has 0 saturated heterocycles. The number of methoxy groups -OCH3 is 1. The third kappa shape index (κ3) is 2.73. The molecule has 2 aliphatic rings. The van der Waals surface area contributed by atoms with E-state index in [2.05, 4.69) is 0 Å². The number of nitrogens with zero attached hydrogens (tertiary/aromatic N) is 2. The van der Waals surface area contributed by atoms with Gasteiger partial charge in [-0.05, 0) is 31.6 Å². The maximum atomic E-state index is 13.4. The number of fused-ring (bicyclic) bond motifs is 6. The van der Waals surface area contributed by atoms with Crippen LogP contribution in [0.5, 0.6) is 5.75 Å². The highest BCUT2D eigenvalue weighted by Gasteiger charge is 2.55. The first-order valence-corrected chi connectivity index (χ1v) is 10.5. The summed E-state index contributed by atoms with van der Waals surface area (Å²) in [4.78, 5) is 31.5. The minimum atomic E-state index is -1.15. The zero-order chi connectivity index (χ0) is 21.0. The second-order valence-electron chi connectivity index (χ2n) is 7.73. The average Bonchev–Trinajstić information content (AvgIpc) is 3.02. The number of aromatic nitrogens is 1. The average molecular weight is 420 g/mol. The van der Waals surface area contributed by atoms with Gasteiger partial charge in [0.1, 0.15) is 11.7 Å². The van der Waals surface area contributed by atoms with Crippen LogP contribution in [-0.4, -0.2) is 23.4 Å². The highest BCUT2D eigenvalue weighted by molar-refractivity contribution is 7.07. The van der Waals surface area contributed by atoms with Crippen LogP contribution in [-0.2, 0) is 9.53 Å². The van der Waals surface area contributed by atoms with E-state index in [1.54, 1.807) is 11.5 Å². The molecule has 0 spiro atoms. The Morgan fingerprint density at radius 1 is 1.23 bits per heavy atom. The number of benzene rings is 2. The van der Waals surface area contributed by atoms with E-state index in [-0.39, 0.29) is 5.56 Å². The van der Waals surface area contributed by atoms with Gasteiger partial charge in [-0.2, -0.15) is 0 Å². The molecule has 2 aliphatic heterocycles. The number of carbonyl (C=O) groups is 1. The van der Waals surface area contributed by atoms with Gasteiger partial charge >= 0.3 is 5.97 Å². The van der Waals surface area contributed by atoms with Crippen LogP contribution < -0.4 is 19.6 Å². The summed E-state index contributed by atoms with van der Waals surface area (Å²) in [6.45, 7) is 3.79. The lowest BCUT2D eigenvalue weighted by atomic mass is 9.81. The van der Waals surface area contributed by atoms with Gasteiger partial charge in [0.15, 0.2) is 4.80 Å². The Kier molecular flexibility index (Phi) is 4.18. The summed E-state index contributed by atoms with van der Waals surface area (Å²) in [5, 5.41) is 0. The molecule has 2 aromatic carbocycles. The number of aryl methyl sites for hydroxylation is 1. The van der Waals surface area contributed by atoms with Gasteiger partial charge in [0.25, 0.3) is 5.56 Å². The fourth-order valence-electron chi connectivity index (χ4n) is 4.25. The van der Waals surface area contributed by atoms with E-state index in [4.69, 9.17) is 14.5 Å². The predicted molar refractivity (Wildman–Crippen MR) is 113 cm³/mol. The van der Waals surface area contributed by atoms with E-state index in [0.29, 0.717) is 15.1 Å². The Labute approximate surface area is 176 Å². The van der Waals surface area contributed by atoms with Crippen molar-refractivity contribution in [3.05, 3.63) is 84.9 Å². The number of ether oxygens (including phenoxy) is 2. The highest BCUT2D eigenvalue weighted by Crippen LogP contribution is 2.47. The Hall–Kier alpha value is -3.19. The molecule has 2 unspecified atom stereocenters. The molecule has 2 bridgehead atoms. The molecule has 7 heteroatoms. The van der Waals surface area contributed by atoms with Gasteiger partial charge in [0.05, 0.1) is 17.7 Å². The number of esters is 1. The Morgan fingerprint density at radius 3 is 2.70 bits per heavy atom. The van der Waals surface area contributed by atoms with E-state index >= 15 is 0 Å². The number of thiazole rings is 1. The van der Waals surface area contributed by atoms with Crippen molar-refractivity contribution in [1.82, 2.24) is 4.57 Å². The molecule has 1 aromatic heterocycles. The van der Waals surface area contributed by atoms with Crippen LogP contribution in [0.4, 0.5) is 0 Å². The molecule has 0 fully saturated rings. The molecule has 3 heterocycles. The van der Waals surface area contributed by atoms with Crippen LogP contribution in [0.3, 0.4) is 0 Å². The summed E-state index contributed by atoms with van der Waals surface area (Å²) in [5.41, 5.74) is 1.55. The van der Waals surface area contributed by atoms with E-state index in [9.17, 15) is 9.59 Å². The van der Waals surface area contributed by atoms with Crippen LogP contribution in [0.2, 0.25) is 0 Å². The largest absolute Gasteiger partial charge is 0.469 e. The summed E-state index contributed by atoms with van der Waals surface area (Å²) >= 11 is 1.31. The quantitative estimate of drug-likeness (QED) is 0.596. The fourth-order valence-corrected chi connectivity index (χ4v) is 5.34. The molecule has 0 N–H and O–H groups in total. The van der Waals surface area contributed by atoms with Crippen molar-refractivity contribution in [2.24, 2.45) is 10.9 Å². The van der Waals surface area contributed by atoms with Gasteiger partial charge in [-0.15, -0.1) is 0 Å². The lowest BCUT2D eigenvalue weighted by molar-refractivity contribution is -0.158. The van der Waals surface area contributed by atoms with Crippen molar-refractivity contribution in [2.45, 2.75) is 25.6 Å². The van der Waals surface area contributed by atoms with Gasteiger partial charge in [0, 0.05) is 5.56 Å². The summed E-state index contributed by atoms with van der Waals surface area (Å²) < 4.78 is 13.4. The van der Waals surface area contributed by atoms with Crippen LogP contribution in [0.25, 0.3) is 6.08 Å². The van der Waals surface area contributed by atoms with E-state index < -0.39 is 23.7 Å². The Morgan fingerprint density at radius 2 is 1.97 bits per heavy atom. The summed E-state index contributed by atoms with van der Waals surface area (Å²) in [5.74, 6) is -0.584. The van der Waals surface area contributed by atoms with Gasteiger partial charge in [0.2, 0.25) is 5.72 Å². The van der Waals surface area contributed by atoms with Gasteiger partial charge in [-0.25, -0.2) is 4.99 Å². The lowest BCUT2D eigenvalue weighted by Crippen LogP contribution is -2.58. The van der Waals surface area contributed by atoms with Crippen LogP contribution in [0.1, 0.15) is 29.7 Å². The number of carbonyl (C=O) groups excluding carboxylic acids is 1. The minimum absolute atomic E-state index is 0.169. The third-order valence-electron chi connectivity index (χ3n) is 5.71. The van der Waals surface area contributed by atoms with Crippen LogP contribution in [0.15, 0.2) is 58.3 Å². The molecule has 3 aromatic rings. The molecule has 0 aliphatic carbocycles. The first kappa shape index (κ1) is 18.8. The Bertz CT molecular complexity index is 1340. The fraction of sp³-hybridized carbons (Fsp3) is 0.261. The van der Waals surface area contributed by atoms with Gasteiger partial charge in [-0.1, -0.05) is 59.4 Å². The van der Waals surface area contributed by atoms with E-state index in [1.165, 1.54) is 18.4 Å². The maximum Gasteiger partial charge on any atom is 0.317 e. The standard InChI is InChI=1S/C23H20N2O4S/c1-13-8-10-14(11-9-13)12-17-20(26)25-19-15-6-4-5-7-16(15)29-23(2,24-22(25)30-17)18(19)21(27)28-3/h4-12,18-19H,1-3H3/b17-12+/t18?,19?,23-/m0/s1. The number of hydrogen-bond acceptors (Lipinski definition) is 6. The minimum Gasteiger partial charge on any atom is -0.469 e. The molecule has 0 amide bonds. The molecule has 3 atom stereocenters.